The lowest BCUT2D eigenvalue weighted by Gasteiger charge is -1.98. The number of thiophene rings is 1. The first-order valence-corrected chi connectivity index (χ1v) is 5.57. The Balaban J connectivity index is 2.53. The number of hydrogen-bond donors (Lipinski definition) is 0. The van der Waals surface area contributed by atoms with Crippen molar-refractivity contribution in [3.63, 3.8) is 0 Å². The zero-order valence-corrected chi connectivity index (χ0v) is 9.43. The quantitative estimate of drug-likeness (QED) is 0.732. The molecule has 2 rings (SSSR count). The highest BCUT2D eigenvalue weighted by Gasteiger charge is 2.16. The van der Waals surface area contributed by atoms with Gasteiger partial charge >= 0.3 is 5.97 Å². The number of aromatic nitrogens is 1. The Kier molecular flexibility index (Phi) is 2.68. The maximum atomic E-state index is 11.6. The number of fused-ring (bicyclic) bond motifs is 1. The number of esters is 1. The number of pyridine rings is 1. The lowest BCUT2D eigenvalue weighted by molar-refractivity contribution is 0.0531. The molecular weight excluding hydrogens is 210 g/mol. The third-order valence-corrected chi connectivity index (χ3v) is 3.37. The lowest BCUT2D eigenvalue weighted by atomic mass is 10.2. The van der Waals surface area contributed by atoms with E-state index in [1.807, 2.05) is 19.1 Å². The molecule has 0 saturated heterocycles. The molecule has 0 aliphatic heterocycles. The molecule has 0 unspecified atom stereocenters. The van der Waals surface area contributed by atoms with Gasteiger partial charge in [0.25, 0.3) is 0 Å². The van der Waals surface area contributed by atoms with Crippen LogP contribution in [0, 0.1) is 6.92 Å². The van der Waals surface area contributed by atoms with Gasteiger partial charge in [0.1, 0.15) is 4.88 Å². The predicted octanol–water partition coefficient (Wildman–Crippen LogP) is 2.78. The third kappa shape index (κ3) is 1.72. The van der Waals surface area contributed by atoms with Crippen LogP contribution in [0.5, 0.6) is 0 Å². The highest BCUT2D eigenvalue weighted by Crippen LogP contribution is 2.29. The van der Waals surface area contributed by atoms with Crippen molar-refractivity contribution in [1.29, 1.82) is 0 Å². The summed E-state index contributed by atoms with van der Waals surface area (Å²) in [5.74, 6) is -0.252. The second-order valence-electron chi connectivity index (χ2n) is 3.13. The van der Waals surface area contributed by atoms with Gasteiger partial charge in [-0.25, -0.2) is 4.79 Å². The summed E-state index contributed by atoms with van der Waals surface area (Å²) in [4.78, 5) is 16.5. The summed E-state index contributed by atoms with van der Waals surface area (Å²) in [5.41, 5.74) is 1.81. The van der Waals surface area contributed by atoms with E-state index in [-0.39, 0.29) is 5.97 Å². The first-order chi connectivity index (χ1) is 7.24. The van der Waals surface area contributed by atoms with Crippen LogP contribution in [-0.4, -0.2) is 17.6 Å². The van der Waals surface area contributed by atoms with E-state index < -0.39 is 0 Å². The molecule has 0 bridgehead atoms. The van der Waals surface area contributed by atoms with Crippen molar-refractivity contribution < 1.29 is 9.53 Å². The van der Waals surface area contributed by atoms with Crippen molar-refractivity contribution in [2.45, 2.75) is 13.8 Å². The summed E-state index contributed by atoms with van der Waals surface area (Å²) < 4.78 is 6.01. The molecule has 0 N–H and O–H groups in total. The normalized spacial score (nSPS) is 10.5. The molecule has 0 aliphatic carbocycles. The van der Waals surface area contributed by atoms with Crippen molar-refractivity contribution in [1.82, 2.24) is 4.98 Å². The van der Waals surface area contributed by atoms with Crippen molar-refractivity contribution in [3.8, 4) is 0 Å². The van der Waals surface area contributed by atoms with Crippen LogP contribution in [0.1, 0.15) is 22.2 Å². The van der Waals surface area contributed by atoms with Crippen LogP contribution in [0.15, 0.2) is 18.3 Å². The molecular formula is C11H11NO2S. The summed E-state index contributed by atoms with van der Waals surface area (Å²) in [5, 5.41) is 0. The van der Waals surface area contributed by atoms with E-state index in [9.17, 15) is 4.79 Å². The number of carbonyl (C=O) groups excluding carboxylic acids is 1. The van der Waals surface area contributed by atoms with Crippen LogP contribution >= 0.6 is 11.3 Å². The van der Waals surface area contributed by atoms with Crippen molar-refractivity contribution in [2.24, 2.45) is 0 Å². The molecule has 2 heterocycles. The molecule has 0 fully saturated rings. The molecule has 0 atom stereocenters. The summed E-state index contributed by atoms with van der Waals surface area (Å²) >= 11 is 1.43. The van der Waals surface area contributed by atoms with Crippen LogP contribution in [0.4, 0.5) is 0 Å². The Morgan fingerprint density at radius 3 is 3.07 bits per heavy atom. The molecule has 4 heteroatoms. The van der Waals surface area contributed by atoms with Gasteiger partial charge in [-0.3, -0.25) is 4.98 Å². The Labute approximate surface area is 91.7 Å². The van der Waals surface area contributed by atoms with E-state index in [0.29, 0.717) is 11.5 Å². The number of hydrogen-bond acceptors (Lipinski definition) is 4. The first kappa shape index (κ1) is 10.1. The zero-order chi connectivity index (χ0) is 10.8. The Morgan fingerprint density at radius 1 is 1.60 bits per heavy atom. The summed E-state index contributed by atoms with van der Waals surface area (Å²) in [6, 6.07) is 3.83. The third-order valence-electron chi connectivity index (χ3n) is 2.14. The molecule has 78 valence electrons. The average molecular weight is 221 g/mol. The number of aryl methyl sites for hydroxylation is 1. The molecule has 2 aromatic heterocycles. The van der Waals surface area contributed by atoms with Gasteiger partial charge in [0.05, 0.1) is 16.8 Å². The fourth-order valence-electron chi connectivity index (χ4n) is 1.44. The van der Waals surface area contributed by atoms with Gasteiger partial charge in [-0.15, -0.1) is 11.3 Å². The van der Waals surface area contributed by atoms with Gasteiger partial charge in [0.2, 0.25) is 0 Å². The minimum Gasteiger partial charge on any atom is -0.462 e. The van der Waals surface area contributed by atoms with E-state index in [1.54, 1.807) is 13.1 Å². The topological polar surface area (TPSA) is 39.2 Å². The van der Waals surface area contributed by atoms with Crippen molar-refractivity contribution in [3.05, 3.63) is 28.8 Å². The Hall–Kier alpha value is -1.42. The Morgan fingerprint density at radius 2 is 2.40 bits per heavy atom. The monoisotopic (exact) mass is 221 g/mol. The largest absolute Gasteiger partial charge is 0.462 e. The number of carbonyl (C=O) groups is 1. The van der Waals surface area contributed by atoms with Crippen LogP contribution < -0.4 is 0 Å². The summed E-state index contributed by atoms with van der Waals surface area (Å²) in [6.45, 7) is 4.11. The maximum Gasteiger partial charge on any atom is 0.348 e. The second kappa shape index (κ2) is 3.98. The molecule has 0 radical (unpaired) electrons. The smallest absolute Gasteiger partial charge is 0.348 e. The molecule has 0 spiro atoms. The zero-order valence-electron chi connectivity index (χ0n) is 8.61. The second-order valence-corrected chi connectivity index (χ2v) is 4.18. The lowest BCUT2D eigenvalue weighted by Crippen LogP contribution is -2.03. The van der Waals surface area contributed by atoms with E-state index in [2.05, 4.69) is 4.98 Å². The average Bonchev–Trinajstić information content (AvgIpc) is 2.57. The summed E-state index contributed by atoms with van der Waals surface area (Å²) in [6.07, 6.45) is 1.73. The van der Waals surface area contributed by atoms with Gasteiger partial charge in [0, 0.05) is 11.8 Å². The Bertz CT molecular complexity index is 504. The standard InChI is InChI=1S/C11H11NO2S/c1-3-14-11(13)10-7(2)9-8(15-10)5-4-6-12-9/h4-6H,3H2,1-2H3. The maximum absolute atomic E-state index is 11.6. The van der Waals surface area contributed by atoms with E-state index in [1.165, 1.54) is 11.3 Å². The molecule has 0 saturated carbocycles. The van der Waals surface area contributed by atoms with Crippen LogP contribution in [-0.2, 0) is 4.74 Å². The van der Waals surface area contributed by atoms with E-state index in [0.717, 1.165) is 15.8 Å². The van der Waals surface area contributed by atoms with E-state index in [4.69, 9.17) is 4.74 Å². The molecule has 0 aromatic carbocycles. The fraction of sp³-hybridized carbons (Fsp3) is 0.273. The van der Waals surface area contributed by atoms with Gasteiger partial charge in [-0.1, -0.05) is 0 Å². The minimum atomic E-state index is -0.252. The number of nitrogens with zero attached hydrogens (tertiary/aromatic N) is 1. The number of rotatable bonds is 2. The van der Waals surface area contributed by atoms with Crippen molar-refractivity contribution in [2.75, 3.05) is 6.61 Å². The number of ether oxygens (including phenoxy) is 1. The van der Waals surface area contributed by atoms with Crippen LogP contribution in [0.25, 0.3) is 10.2 Å². The molecule has 3 nitrogen and oxygen atoms in total. The highest BCUT2D eigenvalue weighted by atomic mass is 32.1. The molecule has 0 amide bonds. The molecule has 15 heavy (non-hydrogen) atoms. The SMILES string of the molecule is CCOC(=O)c1sc2cccnc2c1C. The van der Waals surface area contributed by atoms with Gasteiger partial charge in [0.15, 0.2) is 0 Å². The molecule has 0 aliphatic rings. The van der Waals surface area contributed by atoms with Crippen LogP contribution in [0.2, 0.25) is 0 Å². The van der Waals surface area contributed by atoms with Gasteiger partial charge in [-0.2, -0.15) is 0 Å². The predicted molar refractivity (Wildman–Crippen MR) is 60.3 cm³/mol. The van der Waals surface area contributed by atoms with Gasteiger partial charge in [-0.05, 0) is 26.0 Å². The summed E-state index contributed by atoms with van der Waals surface area (Å²) in [7, 11) is 0. The van der Waals surface area contributed by atoms with Crippen molar-refractivity contribution >= 4 is 27.5 Å². The van der Waals surface area contributed by atoms with E-state index >= 15 is 0 Å². The highest BCUT2D eigenvalue weighted by molar-refractivity contribution is 7.20. The van der Waals surface area contributed by atoms with Gasteiger partial charge < -0.3 is 4.74 Å². The minimum absolute atomic E-state index is 0.252. The first-order valence-electron chi connectivity index (χ1n) is 4.75. The fourth-order valence-corrected chi connectivity index (χ4v) is 2.50. The van der Waals surface area contributed by atoms with Crippen LogP contribution in [0.3, 0.4) is 0 Å². The molecule has 2 aromatic rings.